The van der Waals surface area contributed by atoms with Crippen LogP contribution in [0, 0.1) is 17.0 Å². The van der Waals surface area contributed by atoms with E-state index >= 15 is 0 Å². The number of sulfonamides is 1. The second kappa shape index (κ2) is 4.18. The molecule has 8 nitrogen and oxygen atoms in total. The zero-order chi connectivity index (χ0) is 12.5. The average Bonchev–Trinajstić information content (AvgIpc) is 2.42. The summed E-state index contributed by atoms with van der Waals surface area (Å²) in [7, 11) is -4.15. The molecule has 1 aromatic rings. The first-order valence-electron chi connectivity index (χ1n) is 4.53. The van der Waals surface area contributed by atoms with E-state index in [1.54, 1.807) is 6.92 Å². The normalized spacial score (nSPS) is 11.7. The maximum atomic E-state index is 11.3. The Morgan fingerprint density at radius 1 is 1.56 bits per heavy atom. The van der Waals surface area contributed by atoms with Crippen LogP contribution in [0.4, 0.5) is 5.69 Å². The summed E-state index contributed by atoms with van der Waals surface area (Å²) in [6.45, 7) is 3.44. The number of aryl methyl sites for hydroxylation is 2. The molecule has 0 aliphatic rings. The van der Waals surface area contributed by atoms with Crippen molar-refractivity contribution in [2.24, 2.45) is 5.14 Å². The second-order valence-corrected chi connectivity index (χ2v) is 4.74. The van der Waals surface area contributed by atoms with Gasteiger partial charge in [-0.1, -0.05) is 6.92 Å². The molecule has 0 bridgehead atoms. The number of nitro groups is 1. The molecular weight excluding hydrogens is 236 g/mol. The lowest BCUT2D eigenvalue weighted by Crippen LogP contribution is -2.19. The summed E-state index contributed by atoms with van der Waals surface area (Å²) < 4.78 is 23.6. The molecule has 0 saturated carbocycles. The third-order valence-electron chi connectivity index (χ3n) is 1.94. The SMILES string of the molecule is CCCn1nc(C)c([N+](=O)[O-])c1S(N)(=O)=O. The minimum absolute atomic E-state index is 0.0440. The van der Waals surface area contributed by atoms with Crippen molar-refractivity contribution in [2.75, 3.05) is 0 Å². The number of hydrogen-bond acceptors (Lipinski definition) is 5. The zero-order valence-corrected chi connectivity index (χ0v) is 9.69. The molecule has 0 atom stereocenters. The van der Waals surface area contributed by atoms with Crippen LogP contribution >= 0.6 is 0 Å². The van der Waals surface area contributed by atoms with Crippen LogP contribution < -0.4 is 5.14 Å². The van der Waals surface area contributed by atoms with Crippen LogP contribution in [0.3, 0.4) is 0 Å². The summed E-state index contributed by atoms with van der Waals surface area (Å²) in [6, 6.07) is 0. The molecule has 0 fully saturated rings. The van der Waals surface area contributed by atoms with E-state index in [9.17, 15) is 18.5 Å². The first kappa shape index (κ1) is 12.6. The molecule has 1 heterocycles. The molecule has 1 rings (SSSR count). The van der Waals surface area contributed by atoms with Gasteiger partial charge in [-0.2, -0.15) is 5.10 Å². The minimum atomic E-state index is -4.15. The van der Waals surface area contributed by atoms with Crippen molar-refractivity contribution in [3.05, 3.63) is 15.8 Å². The second-order valence-electron chi connectivity index (χ2n) is 3.26. The molecule has 0 amide bonds. The van der Waals surface area contributed by atoms with Gasteiger partial charge in [-0.3, -0.25) is 10.1 Å². The van der Waals surface area contributed by atoms with Crippen molar-refractivity contribution < 1.29 is 13.3 Å². The Balaban J connectivity index is 3.56. The van der Waals surface area contributed by atoms with Gasteiger partial charge in [0.2, 0.25) is 5.03 Å². The lowest BCUT2D eigenvalue weighted by Gasteiger charge is -2.02. The standard InChI is InChI=1S/C7H12N4O4S/c1-3-4-10-7(16(8,14)15)6(11(12)13)5(2)9-10/h3-4H2,1-2H3,(H2,8,14,15). The molecular formula is C7H12N4O4S. The van der Waals surface area contributed by atoms with E-state index in [4.69, 9.17) is 5.14 Å². The fourth-order valence-corrected chi connectivity index (χ4v) is 2.32. The van der Waals surface area contributed by atoms with Gasteiger partial charge in [0.1, 0.15) is 5.69 Å². The van der Waals surface area contributed by atoms with Gasteiger partial charge < -0.3 is 0 Å². The average molecular weight is 248 g/mol. The highest BCUT2D eigenvalue weighted by Crippen LogP contribution is 2.26. The van der Waals surface area contributed by atoms with E-state index in [1.807, 2.05) is 0 Å². The van der Waals surface area contributed by atoms with Gasteiger partial charge >= 0.3 is 5.69 Å². The van der Waals surface area contributed by atoms with Crippen LogP contribution in [0.5, 0.6) is 0 Å². The van der Waals surface area contributed by atoms with E-state index in [0.29, 0.717) is 6.42 Å². The molecule has 16 heavy (non-hydrogen) atoms. The molecule has 90 valence electrons. The predicted molar refractivity (Wildman–Crippen MR) is 55.3 cm³/mol. The van der Waals surface area contributed by atoms with E-state index in [2.05, 4.69) is 5.10 Å². The number of hydrogen-bond donors (Lipinski definition) is 1. The Bertz CT molecular complexity index is 519. The smallest absolute Gasteiger partial charge is 0.258 e. The highest BCUT2D eigenvalue weighted by atomic mass is 32.2. The van der Waals surface area contributed by atoms with Gasteiger partial charge in [-0.05, 0) is 13.3 Å². The Hall–Kier alpha value is -1.48. The quantitative estimate of drug-likeness (QED) is 0.600. The minimum Gasteiger partial charge on any atom is -0.258 e. The van der Waals surface area contributed by atoms with Gasteiger partial charge in [0.05, 0.1) is 4.92 Å². The van der Waals surface area contributed by atoms with Crippen LogP contribution in [0.25, 0.3) is 0 Å². The van der Waals surface area contributed by atoms with Crippen LogP contribution in [-0.2, 0) is 16.6 Å². The number of aromatic nitrogens is 2. The molecule has 0 radical (unpaired) electrons. The van der Waals surface area contributed by atoms with Gasteiger partial charge in [0, 0.05) is 6.54 Å². The van der Waals surface area contributed by atoms with E-state index < -0.39 is 25.7 Å². The largest absolute Gasteiger partial charge is 0.330 e. The molecule has 2 N–H and O–H groups in total. The predicted octanol–water partition coefficient (Wildman–Crippen LogP) is 0.157. The molecule has 9 heteroatoms. The zero-order valence-electron chi connectivity index (χ0n) is 8.87. The molecule has 0 aromatic carbocycles. The summed E-state index contributed by atoms with van der Waals surface area (Å²) in [5, 5.41) is 19.0. The molecule has 0 aliphatic heterocycles. The van der Waals surface area contributed by atoms with Crippen LogP contribution in [0.1, 0.15) is 19.0 Å². The first-order valence-corrected chi connectivity index (χ1v) is 6.08. The summed E-state index contributed by atoms with van der Waals surface area (Å²) in [5.74, 6) is 0. The summed E-state index contributed by atoms with van der Waals surface area (Å²) >= 11 is 0. The van der Waals surface area contributed by atoms with Crippen molar-refractivity contribution in [1.82, 2.24) is 9.78 Å². The van der Waals surface area contributed by atoms with Crippen molar-refractivity contribution in [3.63, 3.8) is 0 Å². The third-order valence-corrected chi connectivity index (χ3v) is 2.88. The monoisotopic (exact) mass is 248 g/mol. The van der Waals surface area contributed by atoms with Gasteiger partial charge in [-0.15, -0.1) is 0 Å². The maximum absolute atomic E-state index is 11.3. The molecule has 0 saturated heterocycles. The Morgan fingerprint density at radius 3 is 2.50 bits per heavy atom. The molecule has 0 unspecified atom stereocenters. The van der Waals surface area contributed by atoms with Crippen molar-refractivity contribution in [2.45, 2.75) is 31.8 Å². The van der Waals surface area contributed by atoms with Gasteiger partial charge in [0.25, 0.3) is 10.0 Å². The molecule has 1 aromatic heterocycles. The van der Waals surface area contributed by atoms with Crippen LogP contribution in [0.2, 0.25) is 0 Å². The highest BCUT2D eigenvalue weighted by Gasteiger charge is 2.32. The van der Waals surface area contributed by atoms with Crippen LogP contribution in [0.15, 0.2) is 5.03 Å². The molecule has 0 spiro atoms. The lowest BCUT2D eigenvalue weighted by molar-refractivity contribution is -0.388. The highest BCUT2D eigenvalue weighted by molar-refractivity contribution is 7.89. The Labute approximate surface area is 92.3 Å². The number of nitrogens with two attached hydrogens (primary N) is 1. The topological polar surface area (TPSA) is 121 Å². The number of primary sulfonamides is 1. The first-order chi connectivity index (χ1) is 7.29. The Kier molecular flexibility index (Phi) is 3.29. The van der Waals surface area contributed by atoms with Crippen molar-refractivity contribution in [3.8, 4) is 0 Å². The van der Waals surface area contributed by atoms with E-state index in [0.717, 1.165) is 4.68 Å². The summed E-state index contributed by atoms with van der Waals surface area (Å²) in [6.07, 6.45) is 0.598. The van der Waals surface area contributed by atoms with Crippen molar-refractivity contribution >= 4 is 15.7 Å². The summed E-state index contributed by atoms with van der Waals surface area (Å²) in [5.41, 5.74) is -0.501. The van der Waals surface area contributed by atoms with E-state index in [1.165, 1.54) is 6.92 Å². The van der Waals surface area contributed by atoms with Gasteiger partial charge in [0.15, 0.2) is 0 Å². The van der Waals surface area contributed by atoms with Gasteiger partial charge in [-0.25, -0.2) is 18.2 Å². The fraction of sp³-hybridized carbons (Fsp3) is 0.571. The third kappa shape index (κ3) is 2.19. The van der Waals surface area contributed by atoms with Crippen LogP contribution in [-0.4, -0.2) is 23.1 Å². The van der Waals surface area contributed by atoms with Crippen molar-refractivity contribution in [1.29, 1.82) is 0 Å². The van der Waals surface area contributed by atoms with E-state index in [-0.39, 0.29) is 12.2 Å². The maximum Gasteiger partial charge on any atom is 0.330 e. The lowest BCUT2D eigenvalue weighted by atomic mass is 10.4. The number of rotatable bonds is 4. The number of nitrogens with zero attached hydrogens (tertiary/aromatic N) is 3. The fourth-order valence-electron chi connectivity index (χ4n) is 1.41. The molecule has 0 aliphatic carbocycles. The summed E-state index contributed by atoms with van der Waals surface area (Å²) in [4.78, 5) is 9.96. The Morgan fingerprint density at radius 2 is 2.12 bits per heavy atom.